The van der Waals surface area contributed by atoms with Crippen LogP contribution in [0.5, 0.6) is 11.5 Å². The minimum absolute atomic E-state index is 0.0405. The summed E-state index contributed by atoms with van der Waals surface area (Å²) in [6, 6.07) is 3.50. The second kappa shape index (κ2) is 8.76. The molecule has 1 heterocycles. The van der Waals surface area contributed by atoms with Gasteiger partial charge in [0.25, 0.3) is 0 Å². The largest absolute Gasteiger partial charge is 0.493 e. The molecule has 6 nitrogen and oxygen atoms in total. The molecule has 0 saturated carbocycles. The summed E-state index contributed by atoms with van der Waals surface area (Å²) in [6.07, 6.45) is 3.21. The molecule has 0 aromatic heterocycles. The molecule has 1 aromatic rings. The van der Waals surface area contributed by atoms with E-state index in [1.807, 2.05) is 6.92 Å². The minimum Gasteiger partial charge on any atom is -0.493 e. The molecule has 1 aliphatic heterocycles. The zero-order chi connectivity index (χ0) is 18.4. The monoisotopic (exact) mass is 366 g/mol. The lowest BCUT2D eigenvalue weighted by atomic mass is 10.1. The number of carbonyl (C=O) groups is 2. The van der Waals surface area contributed by atoms with Crippen LogP contribution < -0.4 is 9.47 Å². The third-order valence-corrected chi connectivity index (χ3v) is 4.28. The molecule has 2 rings (SSSR count). The average molecular weight is 367 g/mol. The summed E-state index contributed by atoms with van der Waals surface area (Å²) in [7, 11) is 1.54. The van der Waals surface area contributed by atoms with Crippen molar-refractivity contribution in [1.29, 1.82) is 0 Å². The van der Waals surface area contributed by atoms with Gasteiger partial charge in [0, 0.05) is 39.2 Å². The number of benzene rings is 1. The van der Waals surface area contributed by atoms with Gasteiger partial charge in [-0.05, 0) is 30.7 Å². The molecule has 1 aliphatic rings. The molecule has 1 aromatic carbocycles. The summed E-state index contributed by atoms with van der Waals surface area (Å²) in [5.74, 6) is 0.970. The van der Waals surface area contributed by atoms with Gasteiger partial charge in [-0.3, -0.25) is 9.59 Å². The van der Waals surface area contributed by atoms with E-state index in [0.717, 1.165) is 5.56 Å². The van der Waals surface area contributed by atoms with Crippen molar-refractivity contribution in [3.8, 4) is 11.5 Å². The quantitative estimate of drug-likeness (QED) is 0.751. The Hall–Kier alpha value is -2.21. The Labute approximate surface area is 152 Å². The van der Waals surface area contributed by atoms with Crippen molar-refractivity contribution in [2.45, 2.75) is 13.8 Å². The van der Waals surface area contributed by atoms with Crippen molar-refractivity contribution < 1.29 is 19.1 Å². The minimum atomic E-state index is -0.0906. The van der Waals surface area contributed by atoms with Crippen LogP contribution in [0, 0.1) is 0 Å². The van der Waals surface area contributed by atoms with Crippen LogP contribution in [0.3, 0.4) is 0 Å². The van der Waals surface area contributed by atoms with Crippen LogP contribution in [0.2, 0.25) is 5.02 Å². The van der Waals surface area contributed by atoms with E-state index in [9.17, 15) is 9.59 Å². The molecule has 0 unspecified atom stereocenters. The van der Waals surface area contributed by atoms with Gasteiger partial charge >= 0.3 is 0 Å². The van der Waals surface area contributed by atoms with Gasteiger partial charge < -0.3 is 19.3 Å². The van der Waals surface area contributed by atoms with Crippen LogP contribution in [-0.4, -0.2) is 61.5 Å². The van der Waals surface area contributed by atoms with E-state index in [0.29, 0.717) is 49.3 Å². The molecule has 25 heavy (non-hydrogen) atoms. The first-order valence-corrected chi connectivity index (χ1v) is 8.56. The molecule has 0 spiro atoms. The van der Waals surface area contributed by atoms with Crippen LogP contribution in [0.25, 0.3) is 6.08 Å². The summed E-state index contributed by atoms with van der Waals surface area (Å²) in [4.78, 5) is 27.1. The number of methoxy groups -OCH3 is 1. The second-order valence-corrected chi connectivity index (χ2v) is 6.04. The van der Waals surface area contributed by atoms with Gasteiger partial charge in [0.2, 0.25) is 11.8 Å². The fourth-order valence-electron chi connectivity index (χ4n) is 2.64. The maximum absolute atomic E-state index is 12.3. The summed E-state index contributed by atoms with van der Waals surface area (Å²) in [5, 5.41) is 0.434. The molecule has 136 valence electrons. The van der Waals surface area contributed by atoms with E-state index in [2.05, 4.69) is 0 Å². The number of amides is 2. The lowest BCUT2D eigenvalue weighted by Gasteiger charge is -2.33. The van der Waals surface area contributed by atoms with E-state index < -0.39 is 0 Å². The van der Waals surface area contributed by atoms with Crippen LogP contribution in [0.4, 0.5) is 0 Å². The molecule has 0 radical (unpaired) electrons. The first-order valence-electron chi connectivity index (χ1n) is 8.19. The van der Waals surface area contributed by atoms with Gasteiger partial charge in [0.05, 0.1) is 18.7 Å². The van der Waals surface area contributed by atoms with E-state index in [1.165, 1.54) is 6.08 Å². The van der Waals surface area contributed by atoms with Crippen LogP contribution in [0.15, 0.2) is 18.2 Å². The van der Waals surface area contributed by atoms with E-state index >= 15 is 0 Å². The molecule has 7 heteroatoms. The van der Waals surface area contributed by atoms with Gasteiger partial charge in [-0.2, -0.15) is 0 Å². The van der Waals surface area contributed by atoms with Crippen molar-refractivity contribution in [2.24, 2.45) is 0 Å². The molecule has 1 fully saturated rings. The number of ether oxygens (including phenoxy) is 2. The molecular formula is C18H23ClN2O4. The summed E-state index contributed by atoms with van der Waals surface area (Å²) < 4.78 is 10.8. The number of hydrogen-bond donors (Lipinski definition) is 0. The molecule has 2 amide bonds. The van der Waals surface area contributed by atoms with Crippen molar-refractivity contribution in [3.05, 3.63) is 28.8 Å². The molecule has 0 bridgehead atoms. The van der Waals surface area contributed by atoms with Gasteiger partial charge in [0.15, 0.2) is 11.5 Å². The lowest BCUT2D eigenvalue weighted by Crippen LogP contribution is -2.49. The van der Waals surface area contributed by atoms with Gasteiger partial charge in [-0.15, -0.1) is 0 Å². The summed E-state index contributed by atoms with van der Waals surface area (Å²) in [5.41, 5.74) is 0.751. The number of piperazine rings is 1. The Morgan fingerprint density at radius 2 is 1.84 bits per heavy atom. The highest BCUT2D eigenvalue weighted by Crippen LogP contribution is 2.36. The Morgan fingerprint density at radius 1 is 1.20 bits per heavy atom. The highest BCUT2D eigenvalue weighted by molar-refractivity contribution is 6.32. The van der Waals surface area contributed by atoms with Crippen molar-refractivity contribution in [1.82, 2.24) is 9.80 Å². The maximum Gasteiger partial charge on any atom is 0.246 e. The first-order chi connectivity index (χ1) is 12.0. The van der Waals surface area contributed by atoms with Gasteiger partial charge in [-0.25, -0.2) is 0 Å². The van der Waals surface area contributed by atoms with E-state index in [1.54, 1.807) is 42.0 Å². The number of rotatable bonds is 5. The standard InChI is InChI=1S/C18H23ClN2O4/c1-4-25-18-15(19)11-14(12-16(18)24-3)5-6-17(23)21-9-7-20(8-10-21)13(2)22/h5-6,11-12H,4,7-10H2,1-3H3/b6-5+. The number of nitrogens with zero attached hydrogens (tertiary/aromatic N) is 2. The first kappa shape index (κ1) is 19.1. The van der Waals surface area contributed by atoms with Gasteiger partial charge in [0.1, 0.15) is 0 Å². The molecule has 1 saturated heterocycles. The molecule has 0 N–H and O–H groups in total. The highest BCUT2D eigenvalue weighted by Gasteiger charge is 2.20. The second-order valence-electron chi connectivity index (χ2n) is 5.63. The van der Waals surface area contributed by atoms with E-state index in [4.69, 9.17) is 21.1 Å². The predicted molar refractivity (Wildman–Crippen MR) is 97.0 cm³/mol. The molecule has 0 aliphatic carbocycles. The normalized spacial score (nSPS) is 14.7. The number of halogens is 1. The highest BCUT2D eigenvalue weighted by atomic mass is 35.5. The fraction of sp³-hybridized carbons (Fsp3) is 0.444. The van der Waals surface area contributed by atoms with Crippen molar-refractivity contribution >= 4 is 29.5 Å². The lowest BCUT2D eigenvalue weighted by molar-refractivity contribution is -0.135. The fourth-order valence-corrected chi connectivity index (χ4v) is 2.91. The van der Waals surface area contributed by atoms with E-state index in [-0.39, 0.29) is 11.8 Å². The Morgan fingerprint density at radius 3 is 2.40 bits per heavy atom. The summed E-state index contributed by atoms with van der Waals surface area (Å²) in [6.45, 7) is 6.10. The summed E-state index contributed by atoms with van der Waals surface area (Å²) >= 11 is 6.23. The Kier molecular flexibility index (Phi) is 6.70. The van der Waals surface area contributed by atoms with Crippen LogP contribution in [0.1, 0.15) is 19.4 Å². The van der Waals surface area contributed by atoms with Crippen LogP contribution >= 0.6 is 11.6 Å². The zero-order valence-electron chi connectivity index (χ0n) is 14.8. The Bertz CT molecular complexity index is 667. The van der Waals surface area contributed by atoms with Crippen molar-refractivity contribution in [3.63, 3.8) is 0 Å². The molecule has 0 atom stereocenters. The third kappa shape index (κ3) is 4.89. The number of carbonyl (C=O) groups excluding carboxylic acids is 2. The maximum atomic E-state index is 12.3. The number of hydrogen-bond acceptors (Lipinski definition) is 4. The van der Waals surface area contributed by atoms with Crippen LogP contribution in [-0.2, 0) is 9.59 Å². The topological polar surface area (TPSA) is 59.1 Å². The molecular weight excluding hydrogens is 344 g/mol. The smallest absolute Gasteiger partial charge is 0.246 e. The van der Waals surface area contributed by atoms with Gasteiger partial charge in [-0.1, -0.05) is 11.6 Å². The Balaban J connectivity index is 2.05. The predicted octanol–water partition coefficient (Wildman–Crippen LogP) is 2.45. The van der Waals surface area contributed by atoms with Crippen molar-refractivity contribution in [2.75, 3.05) is 39.9 Å². The average Bonchev–Trinajstić information content (AvgIpc) is 2.61. The third-order valence-electron chi connectivity index (χ3n) is 4.00. The SMILES string of the molecule is CCOc1c(Cl)cc(/C=C/C(=O)N2CCN(C(C)=O)CC2)cc1OC. The zero-order valence-corrected chi connectivity index (χ0v) is 15.5.